The highest BCUT2D eigenvalue weighted by molar-refractivity contribution is 14.1. The fourth-order valence-electron chi connectivity index (χ4n) is 0.646. The number of hydrogen-bond donors (Lipinski definition) is 0. The minimum Gasteiger partial charge on any atom is -0.293 e. The van der Waals surface area contributed by atoms with Gasteiger partial charge in [0.1, 0.15) is 10.8 Å². The van der Waals surface area contributed by atoms with E-state index in [2.05, 4.69) is 27.6 Å². The van der Waals surface area contributed by atoms with E-state index >= 15 is 0 Å². The average molecular weight is 281 g/mol. The maximum atomic E-state index is 10.8. The molecule has 1 aromatic heterocycles. The van der Waals surface area contributed by atoms with Crippen LogP contribution >= 0.6 is 34.2 Å². The Labute approximate surface area is 83.1 Å². The van der Waals surface area contributed by atoms with Crippen LogP contribution < -0.4 is 0 Å². The van der Waals surface area contributed by atoms with E-state index in [1.54, 1.807) is 12.1 Å². The van der Waals surface area contributed by atoms with Gasteiger partial charge in [-0.25, -0.2) is 4.98 Å². The maximum absolute atomic E-state index is 10.8. The smallest absolute Gasteiger partial charge is 0.178 e. The van der Waals surface area contributed by atoms with Crippen molar-refractivity contribution in [1.82, 2.24) is 4.98 Å². The molecule has 1 heterocycles. The molecule has 0 aromatic carbocycles. The van der Waals surface area contributed by atoms with Crippen molar-refractivity contribution in [2.45, 2.75) is 6.92 Å². The first-order valence-corrected chi connectivity index (χ1v) is 4.39. The van der Waals surface area contributed by atoms with Crippen LogP contribution in [-0.4, -0.2) is 10.8 Å². The number of halogens is 2. The van der Waals surface area contributed by atoms with E-state index in [1.807, 2.05) is 0 Å². The third-order valence-corrected chi connectivity index (χ3v) is 1.94. The highest BCUT2D eigenvalue weighted by atomic mass is 127. The second-order valence-electron chi connectivity index (χ2n) is 2.05. The zero-order chi connectivity index (χ0) is 8.43. The number of aromatic nitrogens is 1. The first kappa shape index (κ1) is 8.93. The molecule has 0 aliphatic carbocycles. The van der Waals surface area contributed by atoms with Crippen molar-refractivity contribution < 1.29 is 4.79 Å². The fraction of sp³-hybridized carbons (Fsp3) is 0.143. The number of carbonyl (C=O) groups is 1. The summed E-state index contributed by atoms with van der Waals surface area (Å²) in [6.45, 7) is 1.47. The van der Waals surface area contributed by atoms with Crippen molar-refractivity contribution in [3.05, 3.63) is 26.5 Å². The van der Waals surface area contributed by atoms with E-state index in [9.17, 15) is 4.79 Å². The molecule has 58 valence electrons. The van der Waals surface area contributed by atoms with Gasteiger partial charge < -0.3 is 0 Å². The molecule has 0 saturated carbocycles. The molecule has 0 radical (unpaired) electrons. The molecule has 0 aliphatic rings. The van der Waals surface area contributed by atoms with Crippen molar-refractivity contribution >= 4 is 40.0 Å². The normalized spacial score (nSPS) is 9.73. The summed E-state index contributed by atoms with van der Waals surface area (Å²) in [5.74, 6) is -0.0644. The van der Waals surface area contributed by atoms with Crippen LogP contribution in [0.2, 0.25) is 5.15 Å². The number of hydrogen-bond acceptors (Lipinski definition) is 2. The van der Waals surface area contributed by atoms with Gasteiger partial charge in [-0.2, -0.15) is 0 Å². The van der Waals surface area contributed by atoms with Crippen molar-refractivity contribution in [2.24, 2.45) is 0 Å². The molecule has 0 aliphatic heterocycles. The molecule has 0 fully saturated rings. The van der Waals surface area contributed by atoms with Crippen LogP contribution in [0.5, 0.6) is 0 Å². The lowest BCUT2D eigenvalue weighted by Gasteiger charge is -1.96. The Balaban J connectivity index is 3.19. The van der Waals surface area contributed by atoms with E-state index in [0.29, 0.717) is 10.8 Å². The van der Waals surface area contributed by atoms with Gasteiger partial charge in [-0.3, -0.25) is 4.79 Å². The topological polar surface area (TPSA) is 30.0 Å². The first-order chi connectivity index (χ1) is 5.09. The van der Waals surface area contributed by atoms with Gasteiger partial charge in [0.05, 0.1) is 0 Å². The van der Waals surface area contributed by atoms with Crippen molar-refractivity contribution in [1.29, 1.82) is 0 Å². The standard InChI is InChI=1S/C7H5ClINO/c1-4(11)6-2-5(9)3-7(8)10-6/h2-3H,1H3. The van der Waals surface area contributed by atoms with Crippen LogP contribution in [0.1, 0.15) is 17.4 Å². The molecule has 4 heteroatoms. The zero-order valence-electron chi connectivity index (χ0n) is 5.77. The lowest BCUT2D eigenvalue weighted by Crippen LogP contribution is -1.96. The third-order valence-electron chi connectivity index (χ3n) is 1.12. The zero-order valence-corrected chi connectivity index (χ0v) is 8.68. The molecule has 0 unspecified atom stereocenters. The number of rotatable bonds is 1. The van der Waals surface area contributed by atoms with Crippen molar-refractivity contribution in [3.63, 3.8) is 0 Å². The SMILES string of the molecule is CC(=O)c1cc(I)cc(Cl)n1. The van der Waals surface area contributed by atoms with Crippen LogP contribution in [0.3, 0.4) is 0 Å². The van der Waals surface area contributed by atoms with Crippen LogP contribution in [0.25, 0.3) is 0 Å². The second-order valence-corrected chi connectivity index (χ2v) is 3.68. The number of pyridine rings is 1. The molecule has 1 rings (SSSR count). The highest BCUT2D eigenvalue weighted by Gasteiger charge is 2.02. The Morgan fingerprint density at radius 1 is 1.64 bits per heavy atom. The Kier molecular flexibility index (Phi) is 2.84. The number of ketones is 1. The van der Waals surface area contributed by atoms with Gasteiger partial charge in [0.2, 0.25) is 0 Å². The van der Waals surface area contributed by atoms with E-state index in [4.69, 9.17) is 11.6 Å². The van der Waals surface area contributed by atoms with E-state index < -0.39 is 0 Å². The molecule has 0 N–H and O–H groups in total. The van der Waals surface area contributed by atoms with E-state index in [1.165, 1.54) is 6.92 Å². The monoisotopic (exact) mass is 281 g/mol. The second kappa shape index (κ2) is 3.49. The van der Waals surface area contributed by atoms with Gasteiger partial charge in [0.15, 0.2) is 5.78 Å². The molecule has 1 aromatic rings. The molecule has 0 spiro atoms. The molecule has 0 amide bonds. The Morgan fingerprint density at radius 2 is 2.27 bits per heavy atom. The molecule has 11 heavy (non-hydrogen) atoms. The maximum Gasteiger partial charge on any atom is 0.178 e. The van der Waals surface area contributed by atoms with E-state index in [0.717, 1.165) is 3.57 Å². The summed E-state index contributed by atoms with van der Waals surface area (Å²) in [5.41, 5.74) is 0.418. The third kappa shape index (κ3) is 2.41. The predicted molar refractivity (Wildman–Crippen MR) is 52.0 cm³/mol. The quantitative estimate of drug-likeness (QED) is 0.450. The summed E-state index contributed by atoms with van der Waals surface area (Å²) in [6, 6.07) is 3.41. The van der Waals surface area contributed by atoms with Gasteiger partial charge in [0, 0.05) is 10.5 Å². The number of nitrogens with zero attached hydrogens (tertiary/aromatic N) is 1. The molecule has 2 nitrogen and oxygen atoms in total. The summed E-state index contributed by atoms with van der Waals surface area (Å²) < 4.78 is 0.924. The molecule has 0 saturated heterocycles. The average Bonchev–Trinajstić information content (AvgIpc) is 1.85. The van der Waals surface area contributed by atoms with Crippen LogP contribution in [0.15, 0.2) is 12.1 Å². The van der Waals surface area contributed by atoms with Gasteiger partial charge in [0.25, 0.3) is 0 Å². The summed E-state index contributed by atoms with van der Waals surface area (Å²) in [6.07, 6.45) is 0. The van der Waals surface area contributed by atoms with E-state index in [-0.39, 0.29) is 5.78 Å². The van der Waals surface area contributed by atoms with Gasteiger partial charge in [-0.05, 0) is 34.7 Å². The fourth-order valence-corrected chi connectivity index (χ4v) is 1.63. The minimum absolute atomic E-state index is 0.0644. The molecule has 0 atom stereocenters. The number of carbonyl (C=O) groups excluding carboxylic acids is 1. The van der Waals surface area contributed by atoms with Crippen LogP contribution in [0, 0.1) is 3.57 Å². The summed E-state index contributed by atoms with van der Waals surface area (Å²) in [5, 5.41) is 0.363. The largest absolute Gasteiger partial charge is 0.293 e. The lowest BCUT2D eigenvalue weighted by atomic mass is 10.3. The van der Waals surface area contributed by atoms with Crippen molar-refractivity contribution in [2.75, 3.05) is 0 Å². The molecular formula is C7H5ClINO. The van der Waals surface area contributed by atoms with Crippen molar-refractivity contribution in [3.8, 4) is 0 Å². The predicted octanol–water partition coefficient (Wildman–Crippen LogP) is 2.54. The van der Waals surface area contributed by atoms with Gasteiger partial charge in [-0.1, -0.05) is 11.6 Å². The van der Waals surface area contributed by atoms with Gasteiger partial charge >= 0.3 is 0 Å². The Morgan fingerprint density at radius 3 is 2.73 bits per heavy atom. The minimum atomic E-state index is -0.0644. The Hall–Kier alpha value is -0.160. The highest BCUT2D eigenvalue weighted by Crippen LogP contribution is 2.12. The molecular weight excluding hydrogens is 276 g/mol. The summed E-state index contributed by atoms with van der Waals surface area (Å²) in [4.78, 5) is 14.7. The van der Waals surface area contributed by atoms with Crippen LogP contribution in [-0.2, 0) is 0 Å². The summed E-state index contributed by atoms with van der Waals surface area (Å²) in [7, 11) is 0. The summed E-state index contributed by atoms with van der Waals surface area (Å²) >= 11 is 7.71. The molecule has 0 bridgehead atoms. The lowest BCUT2D eigenvalue weighted by molar-refractivity contribution is 0.101. The first-order valence-electron chi connectivity index (χ1n) is 2.93. The van der Waals surface area contributed by atoms with Crippen LogP contribution in [0.4, 0.5) is 0 Å². The van der Waals surface area contributed by atoms with Gasteiger partial charge in [-0.15, -0.1) is 0 Å². The Bertz CT molecular complexity index is 280. The number of Topliss-reactive ketones (excluding diaryl/α,β-unsaturated/α-hetero) is 1.